The zero-order chi connectivity index (χ0) is 14.0. The smallest absolute Gasteiger partial charge is 0.256 e. The van der Waals surface area contributed by atoms with Gasteiger partial charge in [-0.25, -0.2) is 4.39 Å². The predicted octanol–water partition coefficient (Wildman–Crippen LogP) is 2.30. The van der Waals surface area contributed by atoms with E-state index in [2.05, 4.69) is 18.7 Å². The van der Waals surface area contributed by atoms with E-state index in [9.17, 15) is 9.18 Å². The minimum atomic E-state index is -0.390. The maximum atomic E-state index is 14.0. The van der Waals surface area contributed by atoms with Crippen molar-refractivity contribution >= 4 is 5.91 Å². The zero-order valence-electron chi connectivity index (χ0n) is 11.8. The Kier molecular flexibility index (Phi) is 4.20. The molecule has 1 saturated heterocycles. The van der Waals surface area contributed by atoms with E-state index in [1.54, 1.807) is 30.0 Å². The van der Waals surface area contributed by atoms with Gasteiger partial charge in [-0.15, -0.1) is 0 Å². The fraction of sp³-hybridized carbons (Fsp3) is 0.533. The summed E-state index contributed by atoms with van der Waals surface area (Å²) in [6.07, 6.45) is 0. The van der Waals surface area contributed by atoms with Crippen molar-refractivity contribution in [1.82, 2.24) is 9.80 Å². The lowest BCUT2D eigenvalue weighted by molar-refractivity contribution is 0.0591. The van der Waals surface area contributed by atoms with E-state index >= 15 is 0 Å². The molecule has 1 aliphatic heterocycles. The molecule has 0 aromatic heterocycles. The fourth-order valence-corrected chi connectivity index (χ4v) is 2.42. The highest BCUT2D eigenvalue weighted by Crippen LogP contribution is 2.16. The SMILES string of the molecule is Cc1cccc(C(=O)N2CCN(C(C)C)CC2)c1F. The molecular weight excluding hydrogens is 243 g/mol. The Morgan fingerprint density at radius 2 is 1.84 bits per heavy atom. The Hall–Kier alpha value is -1.42. The molecule has 1 heterocycles. The van der Waals surface area contributed by atoms with Crippen LogP contribution in [0.25, 0.3) is 0 Å². The highest BCUT2D eigenvalue weighted by molar-refractivity contribution is 5.94. The number of benzene rings is 1. The van der Waals surface area contributed by atoms with Gasteiger partial charge >= 0.3 is 0 Å². The number of piperazine rings is 1. The zero-order valence-corrected chi connectivity index (χ0v) is 11.8. The fourth-order valence-electron chi connectivity index (χ4n) is 2.42. The normalized spacial score (nSPS) is 17.0. The van der Waals surface area contributed by atoms with E-state index in [0.29, 0.717) is 24.7 Å². The molecule has 1 aromatic rings. The first kappa shape index (κ1) is 14.0. The molecule has 1 aliphatic rings. The molecule has 1 fully saturated rings. The van der Waals surface area contributed by atoms with Gasteiger partial charge in [-0.05, 0) is 32.4 Å². The average Bonchev–Trinajstić information content (AvgIpc) is 2.41. The van der Waals surface area contributed by atoms with Gasteiger partial charge in [0.15, 0.2) is 0 Å². The Balaban J connectivity index is 2.07. The van der Waals surface area contributed by atoms with Crippen LogP contribution in [0.4, 0.5) is 4.39 Å². The minimum absolute atomic E-state index is 0.190. The molecule has 1 amide bonds. The van der Waals surface area contributed by atoms with Crippen LogP contribution >= 0.6 is 0 Å². The second kappa shape index (κ2) is 5.70. The standard InChI is InChI=1S/C15H21FN2O/c1-11(2)17-7-9-18(10-8-17)15(19)13-6-4-5-12(3)14(13)16/h4-6,11H,7-10H2,1-3H3. The van der Waals surface area contributed by atoms with Crippen molar-refractivity contribution in [2.24, 2.45) is 0 Å². The van der Waals surface area contributed by atoms with Gasteiger partial charge in [-0.2, -0.15) is 0 Å². The van der Waals surface area contributed by atoms with Gasteiger partial charge in [0.25, 0.3) is 5.91 Å². The van der Waals surface area contributed by atoms with E-state index in [0.717, 1.165) is 13.1 Å². The first-order valence-corrected chi connectivity index (χ1v) is 6.79. The van der Waals surface area contributed by atoms with Crippen LogP contribution in [-0.2, 0) is 0 Å². The highest BCUT2D eigenvalue weighted by atomic mass is 19.1. The Labute approximate surface area is 114 Å². The van der Waals surface area contributed by atoms with Gasteiger partial charge < -0.3 is 4.90 Å². The third-order valence-corrected chi connectivity index (χ3v) is 3.75. The number of halogens is 1. The van der Waals surface area contributed by atoms with Crippen LogP contribution in [0.1, 0.15) is 29.8 Å². The topological polar surface area (TPSA) is 23.6 Å². The number of hydrogen-bond donors (Lipinski definition) is 0. The number of hydrogen-bond acceptors (Lipinski definition) is 2. The summed E-state index contributed by atoms with van der Waals surface area (Å²) >= 11 is 0. The minimum Gasteiger partial charge on any atom is -0.336 e. The quantitative estimate of drug-likeness (QED) is 0.818. The molecule has 0 N–H and O–H groups in total. The van der Waals surface area contributed by atoms with E-state index < -0.39 is 5.82 Å². The number of carbonyl (C=O) groups excluding carboxylic acids is 1. The van der Waals surface area contributed by atoms with Gasteiger partial charge in [0, 0.05) is 32.2 Å². The number of amides is 1. The molecule has 19 heavy (non-hydrogen) atoms. The third kappa shape index (κ3) is 2.95. The molecule has 0 bridgehead atoms. The molecule has 0 saturated carbocycles. The van der Waals surface area contributed by atoms with Gasteiger partial charge in [-0.3, -0.25) is 9.69 Å². The van der Waals surface area contributed by atoms with Gasteiger partial charge in [0.1, 0.15) is 5.82 Å². The van der Waals surface area contributed by atoms with Crippen molar-refractivity contribution in [2.75, 3.05) is 26.2 Å². The van der Waals surface area contributed by atoms with Crippen molar-refractivity contribution < 1.29 is 9.18 Å². The monoisotopic (exact) mass is 264 g/mol. The Morgan fingerprint density at radius 3 is 2.42 bits per heavy atom. The third-order valence-electron chi connectivity index (χ3n) is 3.75. The van der Waals surface area contributed by atoms with Crippen LogP contribution in [0.5, 0.6) is 0 Å². The van der Waals surface area contributed by atoms with Crippen LogP contribution in [0.2, 0.25) is 0 Å². The molecule has 0 spiro atoms. The molecule has 0 aliphatic carbocycles. The van der Waals surface area contributed by atoms with E-state index in [1.807, 2.05) is 0 Å². The first-order chi connectivity index (χ1) is 9.00. The summed E-state index contributed by atoms with van der Waals surface area (Å²) in [7, 11) is 0. The molecule has 3 nitrogen and oxygen atoms in total. The highest BCUT2D eigenvalue weighted by Gasteiger charge is 2.25. The summed E-state index contributed by atoms with van der Waals surface area (Å²) in [4.78, 5) is 16.4. The summed E-state index contributed by atoms with van der Waals surface area (Å²) in [5, 5.41) is 0. The molecule has 0 radical (unpaired) electrons. The van der Waals surface area contributed by atoms with E-state index in [-0.39, 0.29) is 11.5 Å². The predicted molar refractivity (Wildman–Crippen MR) is 73.7 cm³/mol. The van der Waals surface area contributed by atoms with Gasteiger partial charge in [0.05, 0.1) is 5.56 Å². The maximum Gasteiger partial charge on any atom is 0.256 e. The van der Waals surface area contributed by atoms with Crippen molar-refractivity contribution in [3.8, 4) is 0 Å². The van der Waals surface area contributed by atoms with Crippen LogP contribution in [-0.4, -0.2) is 47.9 Å². The summed E-state index contributed by atoms with van der Waals surface area (Å²) in [5.41, 5.74) is 0.713. The van der Waals surface area contributed by atoms with Crippen molar-refractivity contribution in [2.45, 2.75) is 26.8 Å². The summed E-state index contributed by atoms with van der Waals surface area (Å²) in [6.45, 7) is 9.04. The molecule has 0 unspecified atom stereocenters. The first-order valence-electron chi connectivity index (χ1n) is 6.79. The summed E-state index contributed by atoms with van der Waals surface area (Å²) < 4.78 is 14.0. The molecular formula is C15H21FN2O. The average molecular weight is 264 g/mol. The number of aryl methyl sites for hydroxylation is 1. The van der Waals surface area contributed by atoms with Crippen LogP contribution < -0.4 is 0 Å². The lowest BCUT2D eigenvalue weighted by atomic mass is 10.1. The molecule has 2 rings (SSSR count). The molecule has 0 atom stereocenters. The largest absolute Gasteiger partial charge is 0.336 e. The summed E-state index contributed by atoms with van der Waals surface area (Å²) in [5.74, 6) is -0.580. The Morgan fingerprint density at radius 1 is 1.21 bits per heavy atom. The number of nitrogens with zero attached hydrogens (tertiary/aromatic N) is 2. The molecule has 1 aromatic carbocycles. The summed E-state index contributed by atoms with van der Waals surface area (Å²) in [6, 6.07) is 5.48. The maximum absolute atomic E-state index is 14.0. The van der Waals surface area contributed by atoms with Gasteiger partial charge in [0.2, 0.25) is 0 Å². The Bertz CT molecular complexity index is 465. The second-order valence-corrected chi connectivity index (χ2v) is 5.36. The van der Waals surface area contributed by atoms with Crippen LogP contribution in [0, 0.1) is 12.7 Å². The second-order valence-electron chi connectivity index (χ2n) is 5.36. The van der Waals surface area contributed by atoms with E-state index in [4.69, 9.17) is 0 Å². The molecule has 4 heteroatoms. The van der Waals surface area contributed by atoms with Gasteiger partial charge in [-0.1, -0.05) is 12.1 Å². The lowest BCUT2D eigenvalue weighted by Gasteiger charge is -2.37. The van der Waals surface area contributed by atoms with Crippen molar-refractivity contribution in [3.63, 3.8) is 0 Å². The van der Waals surface area contributed by atoms with E-state index in [1.165, 1.54) is 0 Å². The van der Waals surface area contributed by atoms with Crippen molar-refractivity contribution in [3.05, 3.63) is 35.1 Å². The lowest BCUT2D eigenvalue weighted by Crippen LogP contribution is -2.50. The number of carbonyl (C=O) groups is 1. The van der Waals surface area contributed by atoms with Crippen LogP contribution in [0.3, 0.4) is 0 Å². The number of rotatable bonds is 2. The van der Waals surface area contributed by atoms with Crippen LogP contribution in [0.15, 0.2) is 18.2 Å². The van der Waals surface area contributed by atoms with Crippen molar-refractivity contribution in [1.29, 1.82) is 0 Å². The molecule has 104 valence electrons.